The molecule has 0 aliphatic carbocycles. The zero-order valence-electron chi connectivity index (χ0n) is 13.1. The van der Waals surface area contributed by atoms with Crippen LogP contribution in [-0.2, 0) is 6.42 Å². The number of rotatable bonds is 2. The number of fused-ring (bicyclic) bond motifs is 1. The summed E-state index contributed by atoms with van der Waals surface area (Å²) < 4.78 is 0. The third kappa shape index (κ3) is 3.14. The first-order chi connectivity index (χ1) is 12.2. The quantitative estimate of drug-likeness (QED) is 0.839. The van der Waals surface area contributed by atoms with Crippen LogP contribution in [0.3, 0.4) is 0 Å². The lowest BCUT2D eigenvalue weighted by Crippen LogP contribution is -2.39. The molecule has 0 saturated carbocycles. The molecule has 0 atom stereocenters. The molecule has 8 nitrogen and oxygen atoms in total. The molecule has 0 saturated heterocycles. The number of nitrogens with zero attached hydrogens (tertiary/aromatic N) is 5. The summed E-state index contributed by atoms with van der Waals surface area (Å²) in [5, 5.41) is 20.6. The average molecular weight is 332 g/mol. The number of hydrogen-bond donors (Lipinski definition) is 1. The van der Waals surface area contributed by atoms with Crippen molar-refractivity contribution >= 4 is 24.0 Å². The minimum atomic E-state index is -0.461. The van der Waals surface area contributed by atoms with Crippen LogP contribution in [0.15, 0.2) is 24.4 Å². The van der Waals surface area contributed by atoms with Crippen LogP contribution in [0, 0.1) is 22.7 Å². The number of nitriles is 2. The van der Waals surface area contributed by atoms with E-state index in [0.717, 1.165) is 18.4 Å². The summed E-state index contributed by atoms with van der Waals surface area (Å²) in [5.74, 6) is 0.613. The molecule has 0 spiro atoms. The number of amides is 2. The number of urea groups is 1. The highest BCUT2D eigenvalue weighted by molar-refractivity contribution is 6.01. The first-order valence-corrected chi connectivity index (χ1v) is 7.50. The summed E-state index contributed by atoms with van der Waals surface area (Å²) in [4.78, 5) is 33.2. The van der Waals surface area contributed by atoms with E-state index in [2.05, 4.69) is 15.3 Å². The lowest BCUT2D eigenvalue weighted by Gasteiger charge is -2.28. The molecule has 1 N–H and O–H groups in total. The third-order valence-electron chi connectivity index (χ3n) is 3.81. The topological polar surface area (TPSA) is 123 Å². The number of hydrogen-bond acceptors (Lipinski definition) is 6. The van der Waals surface area contributed by atoms with Crippen molar-refractivity contribution in [1.29, 1.82) is 10.5 Å². The first kappa shape index (κ1) is 16.1. The summed E-state index contributed by atoms with van der Waals surface area (Å²) in [6.45, 7) is 0.454. The molecular formula is C17H12N6O2. The number of carbonyl (C=O) groups excluding carboxylic acids is 2. The van der Waals surface area contributed by atoms with Gasteiger partial charge in [0.05, 0.1) is 11.1 Å². The van der Waals surface area contributed by atoms with Crippen molar-refractivity contribution in [2.24, 2.45) is 0 Å². The highest BCUT2D eigenvalue weighted by Crippen LogP contribution is 2.25. The second kappa shape index (κ2) is 6.77. The Bertz CT molecular complexity index is 941. The Morgan fingerprint density at radius 2 is 2.08 bits per heavy atom. The number of nitrogens with one attached hydrogen (secondary N) is 1. The molecule has 0 fully saturated rings. The van der Waals surface area contributed by atoms with Crippen molar-refractivity contribution in [2.45, 2.75) is 12.8 Å². The van der Waals surface area contributed by atoms with Crippen molar-refractivity contribution in [2.75, 3.05) is 16.8 Å². The van der Waals surface area contributed by atoms with Gasteiger partial charge in [-0.25, -0.2) is 14.8 Å². The van der Waals surface area contributed by atoms with Crippen molar-refractivity contribution in [3.8, 4) is 12.1 Å². The van der Waals surface area contributed by atoms with Crippen LogP contribution in [0.1, 0.15) is 33.6 Å². The van der Waals surface area contributed by atoms with Gasteiger partial charge in [0.1, 0.15) is 29.5 Å². The molecule has 2 amide bonds. The van der Waals surface area contributed by atoms with Crippen LogP contribution in [0.2, 0.25) is 0 Å². The minimum absolute atomic E-state index is 0.133. The Kier molecular flexibility index (Phi) is 4.36. The van der Waals surface area contributed by atoms with Crippen LogP contribution in [0.4, 0.5) is 16.4 Å². The van der Waals surface area contributed by atoms with Gasteiger partial charge in [-0.15, -0.1) is 0 Å². The number of pyridine rings is 2. The summed E-state index contributed by atoms with van der Waals surface area (Å²) in [7, 11) is 0. The SMILES string of the molecule is N#Cc1cnc(NC(=O)N2CCCc3ccc(C=O)nc32)cc1C#N. The van der Waals surface area contributed by atoms with Crippen molar-refractivity contribution in [3.05, 3.63) is 46.8 Å². The average Bonchev–Trinajstić information content (AvgIpc) is 2.66. The van der Waals surface area contributed by atoms with Crippen molar-refractivity contribution < 1.29 is 9.59 Å². The van der Waals surface area contributed by atoms with Gasteiger partial charge >= 0.3 is 6.03 Å². The maximum Gasteiger partial charge on any atom is 0.328 e. The predicted octanol–water partition coefficient (Wildman–Crippen LogP) is 2.02. The van der Waals surface area contributed by atoms with E-state index in [1.54, 1.807) is 12.1 Å². The fraction of sp³-hybridized carbons (Fsp3) is 0.176. The van der Waals surface area contributed by atoms with E-state index in [9.17, 15) is 9.59 Å². The molecule has 0 aromatic carbocycles. The fourth-order valence-electron chi connectivity index (χ4n) is 2.60. The van der Waals surface area contributed by atoms with E-state index in [1.165, 1.54) is 17.2 Å². The molecule has 25 heavy (non-hydrogen) atoms. The van der Waals surface area contributed by atoms with Crippen LogP contribution >= 0.6 is 0 Å². The van der Waals surface area contributed by atoms with Gasteiger partial charge in [-0.05, 0) is 24.5 Å². The Hall–Kier alpha value is -3.78. The summed E-state index contributed by atoms with van der Waals surface area (Å²) in [6.07, 6.45) is 3.42. The molecular weight excluding hydrogens is 320 g/mol. The number of anilines is 2. The maximum atomic E-state index is 12.6. The van der Waals surface area contributed by atoms with Crippen LogP contribution in [0.25, 0.3) is 0 Å². The molecule has 0 bridgehead atoms. The van der Waals surface area contributed by atoms with Gasteiger partial charge in [0.15, 0.2) is 6.29 Å². The lowest BCUT2D eigenvalue weighted by molar-refractivity contribution is 0.111. The number of aromatic nitrogens is 2. The smallest absolute Gasteiger partial charge is 0.296 e. The Labute approximate surface area is 143 Å². The Balaban J connectivity index is 1.87. The predicted molar refractivity (Wildman–Crippen MR) is 88.0 cm³/mol. The maximum absolute atomic E-state index is 12.6. The molecule has 2 aromatic rings. The standard InChI is InChI=1S/C17H12N6O2/c18-7-12-6-15(20-9-13(12)8-19)22-17(25)23-5-1-2-11-3-4-14(10-24)21-16(11)23/h3-4,6,9-10H,1-2,5H2,(H,20,22,25). The normalized spacial score (nSPS) is 12.5. The number of aryl methyl sites for hydroxylation is 1. The molecule has 0 radical (unpaired) electrons. The highest BCUT2D eigenvalue weighted by atomic mass is 16.2. The van der Waals surface area contributed by atoms with Crippen LogP contribution in [-0.4, -0.2) is 28.8 Å². The Morgan fingerprint density at radius 1 is 1.28 bits per heavy atom. The molecule has 8 heteroatoms. The minimum Gasteiger partial charge on any atom is -0.296 e. The van der Waals surface area contributed by atoms with Crippen LogP contribution in [0.5, 0.6) is 0 Å². The van der Waals surface area contributed by atoms with Gasteiger partial charge in [-0.1, -0.05) is 6.07 Å². The molecule has 3 heterocycles. The Morgan fingerprint density at radius 3 is 2.80 bits per heavy atom. The van der Waals surface area contributed by atoms with Gasteiger partial charge in [0.25, 0.3) is 0 Å². The van der Waals surface area contributed by atoms with E-state index in [0.29, 0.717) is 18.6 Å². The van der Waals surface area contributed by atoms with E-state index < -0.39 is 6.03 Å². The molecule has 2 aromatic heterocycles. The second-order valence-corrected chi connectivity index (χ2v) is 5.36. The van der Waals surface area contributed by atoms with Crippen LogP contribution < -0.4 is 10.2 Å². The van der Waals surface area contributed by atoms with Gasteiger partial charge < -0.3 is 0 Å². The first-order valence-electron chi connectivity index (χ1n) is 7.50. The lowest BCUT2D eigenvalue weighted by atomic mass is 10.1. The van der Waals surface area contributed by atoms with E-state index >= 15 is 0 Å². The summed E-state index contributed by atoms with van der Waals surface area (Å²) in [5.41, 5.74) is 1.41. The van der Waals surface area contributed by atoms with E-state index in [-0.39, 0.29) is 22.6 Å². The molecule has 122 valence electrons. The van der Waals surface area contributed by atoms with Gasteiger partial charge in [-0.2, -0.15) is 10.5 Å². The molecule has 1 aliphatic rings. The van der Waals surface area contributed by atoms with Crippen molar-refractivity contribution in [1.82, 2.24) is 9.97 Å². The van der Waals surface area contributed by atoms with Gasteiger partial charge in [-0.3, -0.25) is 15.0 Å². The van der Waals surface area contributed by atoms with Gasteiger partial charge in [0, 0.05) is 18.8 Å². The molecule has 1 aliphatic heterocycles. The third-order valence-corrected chi connectivity index (χ3v) is 3.81. The number of aldehydes is 1. The fourth-order valence-corrected chi connectivity index (χ4v) is 2.60. The summed E-state index contributed by atoms with van der Waals surface area (Å²) >= 11 is 0. The van der Waals surface area contributed by atoms with Crippen molar-refractivity contribution in [3.63, 3.8) is 0 Å². The largest absolute Gasteiger partial charge is 0.328 e. The zero-order valence-corrected chi connectivity index (χ0v) is 13.1. The van der Waals surface area contributed by atoms with E-state index in [1.807, 2.05) is 12.1 Å². The second-order valence-electron chi connectivity index (χ2n) is 5.36. The highest BCUT2D eigenvalue weighted by Gasteiger charge is 2.24. The zero-order chi connectivity index (χ0) is 17.8. The summed E-state index contributed by atoms with van der Waals surface area (Å²) in [6, 6.07) is 8.05. The number of carbonyl (C=O) groups is 2. The van der Waals surface area contributed by atoms with E-state index in [4.69, 9.17) is 10.5 Å². The molecule has 0 unspecified atom stereocenters. The molecule has 3 rings (SSSR count). The van der Waals surface area contributed by atoms with Gasteiger partial charge in [0.2, 0.25) is 0 Å². The monoisotopic (exact) mass is 332 g/mol.